The molecule has 3 nitrogen and oxygen atoms in total. The molecule has 0 spiro atoms. The average molecular weight is 331 g/mol. The lowest BCUT2D eigenvalue weighted by molar-refractivity contribution is 0.604. The van der Waals surface area contributed by atoms with Gasteiger partial charge in [0.15, 0.2) is 0 Å². The van der Waals surface area contributed by atoms with E-state index in [4.69, 9.17) is 22.3 Å². The highest BCUT2D eigenvalue weighted by Gasteiger charge is 2.22. The quantitative estimate of drug-likeness (QED) is 0.485. The first-order valence-corrected chi connectivity index (χ1v) is 7.27. The molecule has 0 aliphatic rings. The van der Waals surface area contributed by atoms with Crippen molar-refractivity contribution in [1.29, 1.82) is 0 Å². The first-order valence-electron chi connectivity index (χ1n) is 3.73. The Kier molecular flexibility index (Phi) is 4.17. The third-order valence-corrected chi connectivity index (χ3v) is 4.44. The number of nitrogens with zero attached hydrogens (tertiary/aromatic N) is 1. The number of halogens is 3. The van der Waals surface area contributed by atoms with Crippen molar-refractivity contribution in [3.63, 3.8) is 0 Å². The fourth-order valence-electron chi connectivity index (χ4n) is 1.01. The van der Waals surface area contributed by atoms with Crippen LogP contribution in [0.15, 0.2) is 29.4 Å². The fourth-order valence-corrected chi connectivity index (χ4v) is 2.69. The summed E-state index contributed by atoms with van der Waals surface area (Å²) in [7, 11) is 1.50. The zero-order chi connectivity index (χ0) is 11.6. The number of rotatable bonds is 3. The summed E-state index contributed by atoms with van der Waals surface area (Å²) in [6.07, 6.45) is 2.58. The second kappa shape index (κ2) is 4.82. The molecule has 0 N–H and O–H groups in total. The minimum absolute atomic E-state index is 0.258. The zero-order valence-electron chi connectivity index (χ0n) is 7.32. The molecule has 0 saturated carbocycles. The van der Waals surface area contributed by atoms with E-state index in [-0.39, 0.29) is 5.15 Å². The minimum Gasteiger partial charge on any atom is -0.243 e. The van der Waals surface area contributed by atoms with E-state index in [2.05, 4.69) is 27.5 Å². The number of hydrogen-bond donors (Lipinski definition) is 0. The Morgan fingerprint density at radius 1 is 1.60 bits per heavy atom. The van der Waals surface area contributed by atoms with Gasteiger partial charge in [0.25, 0.3) is 0 Å². The molecule has 1 heterocycles. The summed E-state index contributed by atoms with van der Waals surface area (Å²) < 4.78 is 22.9. The van der Waals surface area contributed by atoms with Crippen molar-refractivity contribution >= 4 is 47.3 Å². The lowest BCUT2D eigenvalue weighted by atomic mass is 10.2. The van der Waals surface area contributed by atoms with Gasteiger partial charge in [-0.3, -0.25) is 0 Å². The van der Waals surface area contributed by atoms with Gasteiger partial charge in [-0.1, -0.05) is 17.7 Å². The molecule has 1 aromatic rings. The van der Waals surface area contributed by atoms with Gasteiger partial charge in [0, 0.05) is 16.9 Å². The SMILES string of the molecule is C=CC(c1cnc(Cl)c(Br)c1)S(=O)(=O)Cl. The van der Waals surface area contributed by atoms with Crippen molar-refractivity contribution < 1.29 is 8.42 Å². The molecule has 1 unspecified atom stereocenters. The van der Waals surface area contributed by atoms with Gasteiger partial charge in [0.1, 0.15) is 10.4 Å². The Labute approximate surface area is 106 Å². The molecular formula is C8H6BrCl2NO2S. The molecule has 0 bridgehead atoms. The molecule has 7 heteroatoms. The number of hydrogen-bond acceptors (Lipinski definition) is 3. The van der Waals surface area contributed by atoms with Crippen molar-refractivity contribution in [2.75, 3.05) is 0 Å². The highest BCUT2D eigenvalue weighted by molar-refractivity contribution is 9.10. The van der Waals surface area contributed by atoms with Gasteiger partial charge >= 0.3 is 0 Å². The van der Waals surface area contributed by atoms with E-state index >= 15 is 0 Å². The van der Waals surface area contributed by atoms with Gasteiger partial charge in [-0.25, -0.2) is 13.4 Å². The standard InChI is InChI=1S/C8H6BrCl2NO2S/c1-2-7(15(11,13)14)5-3-6(9)8(10)12-4-5/h2-4,7H,1H2. The zero-order valence-corrected chi connectivity index (χ0v) is 11.2. The van der Waals surface area contributed by atoms with E-state index in [0.717, 1.165) is 0 Å². The van der Waals surface area contributed by atoms with Gasteiger partial charge in [-0.2, -0.15) is 0 Å². The molecule has 82 valence electrons. The van der Waals surface area contributed by atoms with Crippen LogP contribution in [0, 0.1) is 0 Å². The first-order chi connectivity index (χ1) is 6.86. The van der Waals surface area contributed by atoms with Gasteiger partial charge < -0.3 is 0 Å². The second-order valence-corrected chi connectivity index (χ2v) is 6.63. The predicted octanol–water partition coefficient (Wildman–Crippen LogP) is 3.29. The monoisotopic (exact) mass is 329 g/mol. The first kappa shape index (κ1) is 13.0. The maximum Gasteiger partial charge on any atom is 0.243 e. The minimum atomic E-state index is -3.75. The Morgan fingerprint density at radius 3 is 2.60 bits per heavy atom. The predicted molar refractivity (Wildman–Crippen MR) is 64.7 cm³/mol. The van der Waals surface area contributed by atoms with Crippen LogP contribution in [0.3, 0.4) is 0 Å². The van der Waals surface area contributed by atoms with Crippen molar-refractivity contribution in [2.45, 2.75) is 5.25 Å². The van der Waals surface area contributed by atoms with Crippen LogP contribution in [0.5, 0.6) is 0 Å². The van der Waals surface area contributed by atoms with Crippen molar-refractivity contribution in [3.05, 3.63) is 40.1 Å². The molecular weight excluding hydrogens is 325 g/mol. The van der Waals surface area contributed by atoms with Gasteiger partial charge in [-0.15, -0.1) is 6.58 Å². The van der Waals surface area contributed by atoms with Gasteiger partial charge in [0.05, 0.1) is 4.47 Å². The third-order valence-electron chi connectivity index (χ3n) is 1.66. The van der Waals surface area contributed by atoms with Crippen LogP contribution >= 0.6 is 38.2 Å². The lowest BCUT2D eigenvalue weighted by Gasteiger charge is -2.09. The summed E-state index contributed by atoms with van der Waals surface area (Å²) in [5.41, 5.74) is 0.413. The molecule has 0 amide bonds. The molecule has 0 aliphatic heterocycles. The normalized spacial score (nSPS) is 13.5. The van der Waals surface area contributed by atoms with Crippen LogP contribution in [0.2, 0.25) is 5.15 Å². The van der Waals surface area contributed by atoms with Crippen LogP contribution < -0.4 is 0 Å². The Bertz CT molecular complexity index is 489. The second-order valence-electron chi connectivity index (χ2n) is 2.67. The molecule has 0 saturated heterocycles. The third kappa shape index (κ3) is 3.17. The summed E-state index contributed by atoms with van der Waals surface area (Å²) in [6.45, 7) is 3.42. The van der Waals surface area contributed by atoms with Gasteiger partial charge in [0.2, 0.25) is 9.05 Å². The van der Waals surface area contributed by atoms with Gasteiger partial charge in [-0.05, 0) is 27.6 Å². The van der Waals surface area contributed by atoms with E-state index in [1.165, 1.54) is 12.3 Å². The molecule has 0 fully saturated rings. The molecule has 0 radical (unpaired) electrons. The summed E-state index contributed by atoms with van der Waals surface area (Å²) in [5, 5.41) is -0.728. The summed E-state index contributed by atoms with van der Waals surface area (Å²) in [6, 6.07) is 1.54. The highest BCUT2D eigenvalue weighted by Crippen LogP contribution is 2.30. The van der Waals surface area contributed by atoms with Crippen LogP contribution in [-0.2, 0) is 9.05 Å². The fraction of sp³-hybridized carbons (Fsp3) is 0.125. The number of aromatic nitrogens is 1. The lowest BCUT2D eigenvalue weighted by Crippen LogP contribution is -2.04. The van der Waals surface area contributed by atoms with Crippen LogP contribution in [0.25, 0.3) is 0 Å². The van der Waals surface area contributed by atoms with Crippen LogP contribution in [0.4, 0.5) is 0 Å². The average Bonchev–Trinajstić information content (AvgIpc) is 2.10. The maximum atomic E-state index is 11.2. The molecule has 1 rings (SSSR count). The highest BCUT2D eigenvalue weighted by atomic mass is 79.9. The molecule has 1 aromatic heterocycles. The molecule has 0 aliphatic carbocycles. The van der Waals surface area contributed by atoms with E-state index in [9.17, 15) is 8.42 Å². The van der Waals surface area contributed by atoms with Crippen molar-refractivity contribution in [1.82, 2.24) is 4.98 Å². The Morgan fingerprint density at radius 2 is 2.20 bits per heavy atom. The molecule has 1 atom stereocenters. The topological polar surface area (TPSA) is 47.0 Å². The smallest absolute Gasteiger partial charge is 0.243 e. The Hall–Kier alpha value is -0.100. The Balaban J connectivity index is 3.26. The largest absolute Gasteiger partial charge is 0.243 e. The number of pyridine rings is 1. The van der Waals surface area contributed by atoms with E-state index in [0.29, 0.717) is 10.0 Å². The van der Waals surface area contributed by atoms with E-state index in [1.54, 1.807) is 6.07 Å². The van der Waals surface area contributed by atoms with Crippen LogP contribution in [-0.4, -0.2) is 13.4 Å². The van der Waals surface area contributed by atoms with Crippen molar-refractivity contribution in [2.24, 2.45) is 0 Å². The van der Waals surface area contributed by atoms with E-state index in [1.807, 2.05) is 0 Å². The summed E-state index contributed by atoms with van der Waals surface area (Å²) in [5.74, 6) is 0. The van der Waals surface area contributed by atoms with Crippen molar-refractivity contribution in [3.8, 4) is 0 Å². The van der Waals surface area contributed by atoms with Crippen LogP contribution in [0.1, 0.15) is 10.8 Å². The van der Waals surface area contributed by atoms with E-state index < -0.39 is 14.3 Å². The maximum absolute atomic E-state index is 11.2. The molecule has 15 heavy (non-hydrogen) atoms. The molecule has 0 aromatic carbocycles. The summed E-state index contributed by atoms with van der Waals surface area (Å²) >= 11 is 8.82. The summed E-state index contributed by atoms with van der Waals surface area (Å²) in [4.78, 5) is 3.81.